The highest BCUT2D eigenvalue weighted by atomic mass is 35.5. The maximum atomic E-state index is 5.78. The van der Waals surface area contributed by atoms with Crippen molar-refractivity contribution in [3.05, 3.63) is 11.1 Å². The van der Waals surface area contributed by atoms with Gasteiger partial charge in [0.25, 0.3) is 0 Å². The SMILES string of the molecule is CC1COCCCN1c1ncc(CCl)s1. The lowest BCUT2D eigenvalue weighted by atomic mass is 10.3. The molecule has 1 atom stereocenters. The zero-order chi connectivity index (χ0) is 10.7. The minimum absolute atomic E-state index is 0.404. The highest BCUT2D eigenvalue weighted by Gasteiger charge is 2.20. The summed E-state index contributed by atoms with van der Waals surface area (Å²) in [7, 11) is 0. The minimum Gasteiger partial charge on any atom is -0.379 e. The van der Waals surface area contributed by atoms with Crippen LogP contribution in [0.1, 0.15) is 18.2 Å². The summed E-state index contributed by atoms with van der Waals surface area (Å²) < 4.78 is 5.50. The van der Waals surface area contributed by atoms with Crippen molar-refractivity contribution in [1.82, 2.24) is 4.98 Å². The lowest BCUT2D eigenvalue weighted by Gasteiger charge is -2.25. The molecular weight excluding hydrogens is 232 g/mol. The molecule has 2 heterocycles. The first-order valence-corrected chi connectivity index (χ1v) is 6.51. The van der Waals surface area contributed by atoms with Crippen LogP contribution in [-0.2, 0) is 10.6 Å². The summed E-state index contributed by atoms with van der Waals surface area (Å²) in [5.41, 5.74) is 0. The van der Waals surface area contributed by atoms with E-state index in [0.29, 0.717) is 11.9 Å². The average Bonchev–Trinajstić information content (AvgIpc) is 2.62. The summed E-state index contributed by atoms with van der Waals surface area (Å²) in [6, 6.07) is 0.404. The fourth-order valence-corrected chi connectivity index (χ4v) is 2.80. The van der Waals surface area contributed by atoms with Gasteiger partial charge in [-0.15, -0.1) is 22.9 Å². The smallest absolute Gasteiger partial charge is 0.185 e. The van der Waals surface area contributed by atoms with E-state index < -0.39 is 0 Å². The molecule has 1 aromatic rings. The summed E-state index contributed by atoms with van der Waals surface area (Å²) in [4.78, 5) is 7.85. The Hall–Kier alpha value is -0.320. The maximum Gasteiger partial charge on any atom is 0.185 e. The van der Waals surface area contributed by atoms with Gasteiger partial charge in [0.2, 0.25) is 0 Å². The molecule has 1 aliphatic rings. The van der Waals surface area contributed by atoms with Gasteiger partial charge in [-0.05, 0) is 13.3 Å². The number of anilines is 1. The van der Waals surface area contributed by atoms with Crippen LogP contribution < -0.4 is 4.90 Å². The number of nitrogens with zero attached hydrogens (tertiary/aromatic N) is 2. The molecule has 0 aliphatic carbocycles. The van der Waals surface area contributed by atoms with Crippen LogP contribution in [0.2, 0.25) is 0 Å². The third-order valence-corrected chi connectivity index (χ3v) is 3.98. The zero-order valence-corrected chi connectivity index (χ0v) is 10.4. The maximum absolute atomic E-state index is 5.78. The van der Waals surface area contributed by atoms with Crippen molar-refractivity contribution in [3.63, 3.8) is 0 Å². The molecule has 1 saturated heterocycles. The molecule has 1 unspecified atom stereocenters. The molecule has 1 fully saturated rings. The molecule has 5 heteroatoms. The fourth-order valence-electron chi connectivity index (χ4n) is 1.68. The first-order chi connectivity index (χ1) is 7.31. The third-order valence-electron chi connectivity index (χ3n) is 2.50. The van der Waals surface area contributed by atoms with E-state index in [4.69, 9.17) is 16.3 Å². The molecule has 0 bridgehead atoms. The van der Waals surface area contributed by atoms with Crippen LogP contribution in [0.4, 0.5) is 5.13 Å². The fraction of sp³-hybridized carbons (Fsp3) is 0.700. The number of hydrogen-bond acceptors (Lipinski definition) is 4. The van der Waals surface area contributed by atoms with E-state index in [1.165, 1.54) is 0 Å². The van der Waals surface area contributed by atoms with Gasteiger partial charge in [-0.1, -0.05) is 0 Å². The van der Waals surface area contributed by atoms with Crippen molar-refractivity contribution in [1.29, 1.82) is 0 Å². The number of thiazole rings is 1. The second-order valence-corrected chi connectivity index (χ2v) is 5.07. The normalized spacial score (nSPS) is 22.8. The van der Waals surface area contributed by atoms with Gasteiger partial charge in [0.05, 0.1) is 18.5 Å². The summed E-state index contributed by atoms with van der Waals surface area (Å²) in [5, 5.41) is 1.07. The third kappa shape index (κ3) is 2.62. The highest BCUT2D eigenvalue weighted by Crippen LogP contribution is 2.26. The molecule has 1 aromatic heterocycles. The molecule has 0 radical (unpaired) electrons. The van der Waals surface area contributed by atoms with Gasteiger partial charge in [0.1, 0.15) is 0 Å². The number of rotatable bonds is 2. The van der Waals surface area contributed by atoms with Gasteiger partial charge in [-0.2, -0.15) is 0 Å². The number of halogens is 1. The summed E-state index contributed by atoms with van der Waals surface area (Å²) in [5.74, 6) is 0.552. The molecule has 84 valence electrons. The average molecular weight is 247 g/mol. The Morgan fingerprint density at radius 3 is 3.33 bits per heavy atom. The Bertz CT molecular complexity index is 318. The van der Waals surface area contributed by atoms with E-state index >= 15 is 0 Å². The van der Waals surface area contributed by atoms with Crippen molar-refractivity contribution in [2.75, 3.05) is 24.7 Å². The van der Waals surface area contributed by atoms with Gasteiger partial charge in [0.15, 0.2) is 5.13 Å². The molecular formula is C10H15ClN2OS. The first-order valence-electron chi connectivity index (χ1n) is 5.16. The molecule has 3 nitrogen and oxygen atoms in total. The molecule has 15 heavy (non-hydrogen) atoms. The van der Waals surface area contributed by atoms with Crippen LogP contribution in [0, 0.1) is 0 Å². The Morgan fingerprint density at radius 1 is 1.73 bits per heavy atom. The van der Waals surface area contributed by atoms with Crippen LogP contribution in [-0.4, -0.2) is 30.8 Å². The predicted octanol–water partition coefficient (Wildman–Crippen LogP) is 2.50. The molecule has 2 rings (SSSR count). The molecule has 0 aromatic carbocycles. The topological polar surface area (TPSA) is 25.4 Å². The second kappa shape index (κ2) is 5.14. The van der Waals surface area contributed by atoms with E-state index in [9.17, 15) is 0 Å². The first kappa shape index (κ1) is 11.2. The zero-order valence-electron chi connectivity index (χ0n) is 8.78. The molecule has 1 aliphatic heterocycles. The Labute approximate surface area is 99.0 Å². The number of hydrogen-bond donors (Lipinski definition) is 0. The van der Waals surface area contributed by atoms with Gasteiger partial charge in [0, 0.05) is 24.2 Å². The molecule has 0 saturated carbocycles. The minimum atomic E-state index is 0.404. The van der Waals surface area contributed by atoms with Crippen molar-refractivity contribution in [2.45, 2.75) is 25.3 Å². The monoisotopic (exact) mass is 246 g/mol. The van der Waals surface area contributed by atoms with Gasteiger partial charge < -0.3 is 9.64 Å². The molecule has 0 N–H and O–H groups in total. The number of ether oxygens (including phenoxy) is 1. The van der Waals surface area contributed by atoms with Crippen LogP contribution >= 0.6 is 22.9 Å². The van der Waals surface area contributed by atoms with Crippen molar-refractivity contribution in [3.8, 4) is 0 Å². The van der Waals surface area contributed by atoms with E-state index in [-0.39, 0.29) is 0 Å². The second-order valence-electron chi connectivity index (χ2n) is 3.71. The van der Waals surface area contributed by atoms with Gasteiger partial charge in [-0.3, -0.25) is 0 Å². The summed E-state index contributed by atoms with van der Waals surface area (Å²) in [6.45, 7) is 4.84. The Kier molecular flexibility index (Phi) is 3.83. The Balaban J connectivity index is 2.12. The van der Waals surface area contributed by atoms with Crippen LogP contribution in [0.5, 0.6) is 0 Å². The van der Waals surface area contributed by atoms with Crippen molar-refractivity contribution < 1.29 is 4.74 Å². The van der Waals surface area contributed by atoms with E-state index in [2.05, 4.69) is 16.8 Å². The standard InChI is InChI=1S/C10H15ClN2OS/c1-8-7-14-4-2-3-13(8)10-12-6-9(5-11)15-10/h6,8H,2-5,7H2,1H3. The number of aromatic nitrogens is 1. The quantitative estimate of drug-likeness (QED) is 0.750. The van der Waals surface area contributed by atoms with Gasteiger partial charge in [-0.25, -0.2) is 4.98 Å². The van der Waals surface area contributed by atoms with Crippen LogP contribution in [0.3, 0.4) is 0 Å². The molecule has 0 amide bonds. The van der Waals surface area contributed by atoms with Crippen molar-refractivity contribution in [2.24, 2.45) is 0 Å². The number of alkyl halides is 1. The summed E-state index contributed by atoms with van der Waals surface area (Å²) in [6.07, 6.45) is 2.94. The molecule has 0 spiro atoms. The largest absolute Gasteiger partial charge is 0.379 e. The summed E-state index contributed by atoms with van der Waals surface area (Å²) >= 11 is 7.45. The van der Waals surface area contributed by atoms with Gasteiger partial charge >= 0.3 is 0 Å². The van der Waals surface area contributed by atoms with E-state index in [1.54, 1.807) is 11.3 Å². The van der Waals surface area contributed by atoms with E-state index in [1.807, 2.05) is 6.20 Å². The van der Waals surface area contributed by atoms with Crippen molar-refractivity contribution >= 4 is 28.1 Å². The Morgan fingerprint density at radius 2 is 2.60 bits per heavy atom. The van der Waals surface area contributed by atoms with Crippen LogP contribution in [0.25, 0.3) is 0 Å². The lowest BCUT2D eigenvalue weighted by Crippen LogP contribution is -2.34. The van der Waals surface area contributed by atoms with Crippen LogP contribution in [0.15, 0.2) is 6.20 Å². The lowest BCUT2D eigenvalue weighted by molar-refractivity contribution is 0.137. The highest BCUT2D eigenvalue weighted by molar-refractivity contribution is 7.15. The van der Waals surface area contributed by atoms with E-state index in [0.717, 1.165) is 36.2 Å². The predicted molar refractivity (Wildman–Crippen MR) is 63.9 cm³/mol.